The van der Waals surface area contributed by atoms with Gasteiger partial charge in [0.05, 0.1) is 5.56 Å². The Morgan fingerprint density at radius 2 is 1.14 bits per heavy atom. The summed E-state index contributed by atoms with van der Waals surface area (Å²) in [4.78, 5) is 46.8. The van der Waals surface area contributed by atoms with Gasteiger partial charge in [-0.25, -0.2) is 19.2 Å². The van der Waals surface area contributed by atoms with Crippen molar-refractivity contribution in [3.63, 3.8) is 0 Å². The summed E-state index contributed by atoms with van der Waals surface area (Å²) >= 11 is 0. The third-order valence-electron chi connectivity index (χ3n) is 5.49. The first-order valence-corrected chi connectivity index (χ1v) is 12.6. The molecule has 0 bridgehead atoms. The molecule has 0 amide bonds. The highest BCUT2D eigenvalue weighted by molar-refractivity contribution is 5.94. The molecule has 0 spiro atoms. The summed E-state index contributed by atoms with van der Waals surface area (Å²) < 4.78 is 36.1. The quantitative estimate of drug-likeness (QED) is 0.0602. The Morgan fingerprint density at radius 1 is 0.614 bits per heavy atom. The summed E-state index contributed by atoms with van der Waals surface area (Å²) in [6, 6.07) is 15.9. The summed E-state index contributed by atoms with van der Waals surface area (Å²) in [6.45, 7) is 8.62. The summed E-state index contributed by atoms with van der Waals surface area (Å²) in [6.07, 6.45) is 3.99. The zero-order valence-electron chi connectivity index (χ0n) is 23.3. The summed E-state index contributed by atoms with van der Waals surface area (Å²) in [5, 5.41) is 7.84. The number of nitrogens with one attached hydrogen (secondary N) is 1. The third-order valence-corrected chi connectivity index (χ3v) is 5.49. The number of benzene rings is 3. The molecule has 226 valence electrons. The van der Waals surface area contributed by atoms with Gasteiger partial charge in [-0.1, -0.05) is 37.9 Å². The molecule has 0 radical (unpaired) electrons. The van der Waals surface area contributed by atoms with Crippen LogP contribution < -0.4 is 18.9 Å². The fourth-order valence-electron chi connectivity index (χ4n) is 3.34. The van der Waals surface area contributed by atoms with E-state index in [9.17, 15) is 19.2 Å². The van der Waals surface area contributed by atoms with Crippen molar-refractivity contribution in [2.45, 2.75) is 0 Å². The zero-order chi connectivity index (χ0) is 31.9. The van der Waals surface area contributed by atoms with Gasteiger partial charge >= 0.3 is 23.9 Å². The third kappa shape index (κ3) is 9.45. The summed E-state index contributed by atoms with van der Waals surface area (Å²) in [5.41, 5.74) is 1.88. The Kier molecular flexibility index (Phi) is 12.0. The number of carbonyl (C=O) groups is 4. The van der Waals surface area contributed by atoms with Crippen LogP contribution in [-0.4, -0.2) is 50.5 Å². The minimum atomic E-state index is -0.780. The molecule has 44 heavy (non-hydrogen) atoms. The number of hydrogen-bond acceptors (Lipinski definition) is 12. The number of esters is 4. The highest BCUT2D eigenvalue weighted by Crippen LogP contribution is 2.31. The molecule has 3 rings (SSSR count). The van der Waals surface area contributed by atoms with E-state index in [-0.39, 0.29) is 29.6 Å². The van der Waals surface area contributed by atoms with Gasteiger partial charge in [-0.2, -0.15) is 0 Å². The van der Waals surface area contributed by atoms with Crippen LogP contribution in [0.5, 0.6) is 23.0 Å². The topological polar surface area (TPSA) is 157 Å². The van der Waals surface area contributed by atoms with Crippen molar-refractivity contribution in [2.75, 3.05) is 20.4 Å². The second-order valence-corrected chi connectivity index (χ2v) is 8.26. The molecule has 3 aromatic rings. The van der Waals surface area contributed by atoms with Crippen LogP contribution in [0.3, 0.4) is 0 Å². The maximum Gasteiger partial charge on any atom is 0.343 e. The molecule has 3 aromatic carbocycles. The molecule has 12 heteroatoms. The highest BCUT2D eigenvalue weighted by Gasteiger charge is 2.17. The lowest BCUT2D eigenvalue weighted by atomic mass is 10.0. The molecule has 0 saturated heterocycles. The van der Waals surface area contributed by atoms with Gasteiger partial charge in [-0.3, -0.25) is 0 Å². The van der Waals surface area contributed by atoms with E-state index in [1.165, 1.54) is 18.2 Å². The first-order valence-electron chi connectivity index (χ1n) is 12.6. The Balaban J connectivity index is 1.74. The van der Waals surface area contributed by atoms with Crippen molar-refractivity contribution in [1.29, 1.82) is 5.41 Å². The van der Waals surface area contributed by atoms with Gasteiger partial charge in [0.15, 0.2) is 11.5 Å². The standard InChI is InChI=1S/C32H27NO11/c1-4-29(34)41-18-38-25-11-7-21(8-12-25)22-9-13-26(24(15-22)17-33)44-32(37)23-10-14-27(39-19-42-30(35)5-2)28(16-23)40-20-43-31(36)6-3/h4-17,33H,1-3,18-20H2. The molecule has 0 aliphatic rings. The minimum Gasteiger partial charge on any atom is -0.457 e. The molecule has 0 atom stereocenters. The smallest absolute Gasteiger partial charge is 0.343 e. The van der Waals surface area contributed by atoms with E-state index in [0.717, 1.165) is 35.6 Å². The molecule has 12 nitrogen and oxygen atoms in total. The SMILES string of the molecule is C=CC(=O)OCOc1ccc(-c2ccc(OC(=O)c3ccc(OCOC(=O)C=C)c(OCOC(=O)C=C)c3)c(C=N)c2)cc1. The average Bonchev–Trinajstić information content (AvgIpc) is 3.05. The van der Waals surface area contributed by atoms with Crippen molar-refractivity contribution in [3.8, 4) is 34.1 Å². The predicted octanol–water partition coefficient (Wildman–Crippen LogP) is 4.77. The van der Waals surface area contributed by atoms with Crippen LogP contribution in [0.15, 0.2) is 98.6 Å². The molecule has 0 saturated carbocycles. The largest absolute Gasteiger partial charge is 0.457 e. The van der Waals surface area contributed by atoms with Crippen LogP contribution in [0.25, 0.3) is 11.1 Å². The van der Waals surface area contributed by atoms with Gasteiger partial charge in [0.2, 0.25) is 20.4 Å². The molecule has 0 heterocycles. The fourth-order valence-corrected chi connectivity index (χ4v) is 3.34. The van der Waals surface area contributed by atoms with E-state index in [4.69, 9.17) is 38.6 Å². The number of ether oxygens (including phenoxy) is 7. The van der Waals surface area contributed by atoms with E-state index in [1.54, 1.807) is 42.5 Å². The van der Waals surface area contributed by atoms with Crippen LogP contribution in [0.4, 0.5) is 0 Å². The summed E-state index contributed by atoms with van der Waals surface area (Å²) in [5.74, 6) is -2.17. The van der Waals surface area contributed by atoms with Crippen molar-refractivity contribution in [2.24, 2.45) is 0 Å². The number of rotatable bonds is 16. The number of hydrogen-bond donors (Lipinski definition) is 1. The molecule has 0 unspecified atom stereocenters. The lowest BCUT2D eigenvalue weighted by molar-refractivity contribution is -0.146. The molecule has 1 N–H and O–H groups in total. The zero-order valence-corrected chi connectivity index (χ0v) is 23.3. The molecule has 0 aromatic heterocycles. The van der Waals surface area contributed by atoms with E-state index in [1.807, 2.05) is 0 Å². The van der Waals surface area contributed by atoms with Crippen LogP contribution >= 0.6 is 0 Å². The maximum absolute atomic E-state index is 13.0. The maximum atomic E-state index is 13.0. The second-order valence-electron chi connectivity index (χ2n) is 8.26. The van der Waals surface area contributed by atoms with Crippen LogP contribution in [-0.2, 0) is 28.6 Å². The first-order chi connectivity index (χ1) is 21.3. The second kappa shape index (κ2) is 16.3. The number of carbonyl (C=O) groups excluding carboxylic acids is 4. The lowest BCUT2D eigenvalue weighted by Gasteiger charge is -2.14. The molecular weight excluding hydrogens is 574 g/mol. The summed E-state index contributed by atoms with van der Waals surface area (Å²) in [7, 11) is 0. The molecular formula is C32H27NO11. The Labute approximate surface area is 252 Å². The molecule has 0 aliphatic heterocycles. The van der Waals surface area contributed by atoms with Gasteiger partial charge in [-0.05, 0) is 53.6 Å². The van der Waals surface area contributed by atoms with Gasteiger partial charge in [0.1, 0.15) is 11.5 Å². The Bertz CT molecular complexity index is 1560. The Hall–Kier alpha value is -6.17. The van der Waals surface area contributed by atoms with E-state index < -0.39 is 37.5 Å². The van der Waals surface area contributed by atoms with Gasteiger partial charge in [0.25, 0.3) is 0 Å². The van der Waals surface area contributed by atoms with E-state index in [0.29, 0.717) is 11.3 Å². The van der Waals surface area contributed by atoms with Crippen molar-refractivity contribution in [3.05, 3.63) is 110 Å². The van der Waals surface area contributed by atoms with Crippen molar-refractivity contribution < 1.29 is 52.3 Å². The van der Waals surface area contributed by atoms with Gasteiger partial charge in [-0.15, -0.1) is 0 Å². The molecule has 0 fully saturated rings. The van der Waals surface area contributed by atoms with Crippen molar-refractivity contribution in [1.82, 2.24) is 0 Å². The lowest BCUT2D eigenvalue weighted by Crippen LogP contribution is -2.13. The van der Waals surface area contributed by atoms with Gasteiger partial charge in [0, 0.05) is 30.0 Å². The van der Waals surface area contributed by atoms with Crippen LogP contribution in [0.2, 0.25) is 0 Å². The average molecular weight is 602 g/mol. The van der Waals surface area contributed by atoms with E-state index in [2.05, 4.69) is 19.7 Å². The van der Waals surface area contributed by atoms with E-state index >= 15 is 0 Å². The van der Waals surface area contributed by atoms with Crippen molar-refractivity contribution >= 4 is 30.1 Å². The minimum absolute atomic E-state index is 0.0140. The van der Waals surface area contributed by atoms with Gasteiger partial charge < -0.3 is 38.6 Å². The normalized spacial score (nSPS) is 9.91. The highest BCUT2D eigenvalue weighted by atomic mass is 16.7. The first kappa shape index (κ1) is 32.3. The van der Waals surface area contributed by atoms with Crippen LogP contribution in [0.1, 0.15) is 15.9 Å². The Morgan fingerprint density at radius 3 is 1.70 bits per heavy atom. The monoisotopic (exact) mass is 601 g/mol. The predicted molar refractivity (Wildman–Crippen MR) is 157 cm³/mol. The van der Waals surface area contributed by atoms with Crippen LogP contribution in [0, 0.1) is 5.41 Å². The molecule has 0 aliphatic carbocycles. The fraction of sp³-hybridized carbons (Fsp3) is 0.0938.